The number of pyridine rings is 1. The van der Waals surface area contributed by atoms with E-state index in [0.29, 0.717) is 27.5 Å². The van der Waals surface area contributed by atoms with Crippen LogP contribution in [0.1, 0.15) is 12.5 Å². The van der Waals surface area contributed by atoms with Gasteiger partial charge in [0.05, 0.1) is 27.5 Å². The maximum atomic E-state index is 13.5. The van der Waals surface area contributed by atoms with Crippen LogP contribution in [0.2, 0.25) is 5.15 Å². The van der Waals surface area contributed by atoms with Gasteiger partial charge in [-0.3, -0.25) is 14.0 Å². The normalized spacial score (nSPS) is 12.2. The maximum absolute atomic E-state index is 13.5. The highest BCUT2D eigenvalue weighted by molar-refractivity contribution is 8.00. The van der Waals surface area contributed by atoms with E-state index in [0.717, 1.165) is 11.3 Å². The molecule has 1 atom stereocenters. The molecule has 10 heteroatoms. The fourth-order valence-electron chi connectivity index (χ4n) is 3.71. The molecule has 170 valence electrons. The Kier molecular flexibility index (Phi) is 5.80. The van der Waals surface area contributed by atoms with Crippen LogP contribution >= 0.6 is 23.4 Å². The summed E-state index contributed by atoms with van der Waals surface area (Å²) in [5.41, 5.74) is 2.58. The minimum absolute atomic E-state index is 0.182. The van der Waals surface area contributed by atoms with Gasteiger partial charge in [0.25, 0.3) is 5.56 Å². The van der Waals surface area contributed by atoms with Gasteiger partial charge in [-0.2, -0.15) is 0 Å². The Hall–Kier alpha value is -3.69. The van der Waals surface area contributed by atoms with Crippen LogP contribution in [-0.4, -0.2) is 35.3 Å². The van der Waals surface area contributed by atoms with Crippen molar-refractivity contribution in [3.05, 3.63) is 87.9 Å². The topological polar surface area (TPSA) is 94.2 Å². The molecule has 1 amide bonds. The first-order chi connectivity index (χ1) is 16.5. The van der Waals surface area contributed by atoms with Crippen molar-refractivity contribution in [2.75, 3.05) is 5.32 Å². The van der Waals surface area contributed by atoms with Gasteiger partial charge in [-0.15, -0.1) is 10.2 Å². The van der Waals surface area contributed by atoms with E-state index >= 15 is 0 Å². The van der Waals surface area contributed by atoms with Gasteiger partial charge in [-0.05, 0) is 49.7 Å². The van der Waals surface area contributed by atoms with Crippen LogP contribution in [0.25, 0.3) is 22.4 Å². The lowest BCUT2D eigenvalue weighted by molar-refractivity contribution is -0.115. The second-order valence-electron chi connectivity index (χ2n) is 7.65. The number of fused-ring (bicyclic) bond motifs is 3. The first kappa shape index (κ1) is 22.1. The third-order valence-electron chi connectivity index (χ3n) is 5.42. The van der Waals surface area contributed by atoms with Gasteiger partial charge >= 0.3 is 0 Å². The summed E-state index contributed by atoms with van der Waals surface area (Å²) in [5.74, 6) is 0.122. The second-order valence-corrected chi connectivity index (χ2v) is 9.32. The number of amides is 1. The summed E-state index contributed by atoms with van der Waals surface area (Å²) in [6.07, 6.45) is 1.55. The highest BCUT2D eigenvalue weighted by Gasteiger charge is 2.23. The first-order valence-electron chi connectivity index (χ1n) is 10.5. The van der Waals surface area contributed by atoms with Crippen molar-refractivity contribution in [3.63, 3.8) is 0 Å². The van der Waals surface area contributed by atoms with E-state index in [-0.39, 0.29) is 16.6 Å². The molecular formula is C24H19ClN6O2S. The lowest BCUT2D eigenvalue weighted by Crippen LogP contribution is -2.24. The molecule has 0 saturated carbocycles. The average molecular weight is 491 g/mol. The van der Waals surface area contributed by atoms with Crippen molar-refractivity contribution >= 4 is 51.6 Å². The summed E-state index contributed by atoms with van der Waals surface area (Å²) in [5, 5.41) is 12.2. The Bertz CT molecular complexity index is 1610. The summed E-state index contributed by atoms with van der Waals surface area (Å²) in [4.78, 5) is 30.3. The number of aromatic nitrogens is 5. The zero-order chi connectivity index (χ0) is 23.8. The molecule has 5 aromatic rings. The Morgan fingerprint density at radius 1 is 1.06 bits per heavy atom. The summed E-state index contributed by atoms with van der Waals surface area (Å²) >= 11 is 7.31. The van der Waals surface area contributed by atoms with E-state index in [1.165, 1.54) is 11.8 Å². The van der Waals surface area contributed by atoms with Gasteiger partial charge in [-0.1, -0.05) is 53.7 Å². The predicted molar refractivity (Wildman–Crippen MR) is 134 cm³/mol. The third-order valence-corrected chi connectivity index (χ3v) is 6.76. The molecule has 2 aromatic carbocycles. The smallest absolute Gasteiger partial charge is 0.267 e. The fraction of sp³-hybridized carbons (Fsp3) is 0.125. The highest BCUT2D eigenvalue weighted by Crippen LogP contribution is 2.28. The summed E-state index contributed by atoms with van der Waals surface area (Å²) in [6, 6.07) is 18.3. The Balaban J connectivity index is 1.61. The van der Waals surface area contributed by atoms with E-state index in [4.69, 9.17) is 11.6 Å². The fourth-order valence-corrected chi connectivity index (χ4v) is 4.73. The molecule has 3 aromatic heterocycles. The van der Waals surface area contributed by atoms with E-state index < -0.39 is 5.25 Å². The maximum Gasteiger partial charge on any atom is 0.267 e. The molecule has 0 bridgehead atoms. The van der Waals surface area contributed by atoms with E-state index in [1.54, 1.807) is 35.9 Å². The lowest BCUT2D eigenvalue weighted by atomic mass is 10.2. The molecule has 1 unspecified atom stereocenters. The molecule has 0 radical (unpaired) electrons. The molecule has 3 heterocycles. The SMILES string of the molecule is Cc1ccccc1-n1c(=O)c2ccccc2n2c(SC(C)C(=O)Nc3cccnc3Cl)nnc12. The van der Waals surface area contributed by atoms with Crippen LogP contribution < -0.4 is 10.9 Å². The molecule has 5 rings (SSSR count). The number of benzene rings is 2. The van der Waals surface area contributed by atoms with E-state index in [9.17, 15) is 9.59 Å². The number of halogens is 1. The van der Waals surface area contributed by atoms with Crippen LogP contribution in [0.15, 0.2) is 76.8 Å². The first-order valence-corrected chi connectivity index (χ1v) is 11.7. The van der Waals surface area contributed by atoms with Gasteiger partial charge in [0.2, 0.25) is 11.7 Å². The van der Waals surface area contributed by atoms with Crippen LogP contribution in [0, 0.1) is 6.92 Å². The van der Waals surface area contributed by atoms with E-state index in [2.05, 4.69) is 20.5 Å². The summed E-state index contributed by atoms with van der Waals surface area (Å²) in [7, 11) is 0. The standard InChI is InChI=1S/C24H19ClN6O2S/c1-14-8-3-5-11-18(14)30-22(33)16-9-4-6-12-19(16)31-23(30)28-29-24(31)34-15(2)21(32)27-17-10-7-13-26-20(17)25/h3-13,15H,1-2H3,(H,27,32). The molecule has 34 heavy (non-hydrogen) atoms. The molecule has 0 saturated heterocycles. The monoisotopic (exact) mass is 490 g/mol. The quantitative estimate of drug-likeness (QED) is 0.288. The number of hydrogen-bond acceptors (Lipinski definition) is 6. The number of thioether (sulfide) groups is 1. The zero-order valence-corrected chi connectivity index (χ0v) is 19.8. The number of nitrogens with one attached hydrogen (secondary N) is 1. The van der Waals surface area contributed by atoms with Crippen LogP contribution in [-0.2, 0) is 4.79 Å². The minimum Gasteiger partial charge on any atom is -0.322 e. The Morgan fingerprint density at radius 2 is 1.82 bits per heavy atom. The number of nitrogens with zero attached hydrogens (tertiary/aromatic N) is 5. The van der Waals surface area contributed by atoms with Gasteiger partial charge in [0.1, 0.15) is 0 Å². The highest BCUT2D eigenvalue weighted by atomic mass is 35.5. The minimum atomic E-state index is -0.527. The number of carbonyl (C=O) groups is 1. The van der Waals surface area contributed by atoms with Gasteiger partial charge in [-0.25, -0.2) is 9.55 Å². The lowest BCUT2D eigenvalue weighted by Gasteiger charge is -2.14. The van der Waals surface area contributed by atoms with E-state index in [1.807, 2.05) is 53.8 Å². The van der Waals surface area contributed by atoms with Crippen molar-refractivity contribution < 1.29 is 4.79 Å². The van der Waals surface area contributed by atoms with Crippen molar-refractivity contribution in [3.8, 4) is 5.69 Å². The van der Waals surface area contributed by atoms with Crippen molar-refractivity contribution in [2.45, 2.75) is 24.3 Å². The Morgan fingerprint density at radius 3 is 2.62 bits per heavy atom. The number of rotatable bonds is 5. The molecule has 0 aliphatic carbocycles. The molecule has 0 spiro atoms. The largest absolute Gasteiger partial charge is 0.322 e. The Labute approximate surface area is 203 Å². The van der Waals surface area contributed by atoms with Crippen LogP contribution in [0.4, 0.5) is 5.69 Å². The van der Waals surface area contributed by atoms with Crippen molar-refractivity contribution in [2.24, 2.45) is 0 Å². The number of carbonyl (C=O) groups excluding carboxylic acids is 1. The number of anilines is 1. The number of hydrogen-bond donors (Lipinski definition) is 1. The van der Waals surface area contributed by atoms with Crippen LogP contribution in [0.3, 0.4) is 0 Å². The summed E-state index contributed by atoms with van der Waals surface area (Å²) < 4.78 is 3.38. The number of para-hydroxylation sites is 2. The molecule has 0 aliphatic rings. The number of aryl methyl sites for hydroxylation is 1. The predicted octanol–water partition coefficient (Wildman–Crippen LogP) is 4.51. The molecule has 0 fully saturated rings. The van der Waals surface area contributed by atoms with Crippen molar-refractivity contribution in [1.82, 2.24) is 24.1 Å². The molecular weight excluding hydrogens is 472 g/mol. The molecule has 0 aliphatic heterocycles. The van der Waals surface area contributed by atoms with Gasteiger partial charge in [0.15, 0.2) is 10.3 Å². The van der Waals surface area contributed by atoms with Crippen molar-refractivity contribution in [1.29, 1.82) is 0 Å². The third kappa shape index (κ3) is 3.82. The molecule has 1 N–H and O–H groups in total. The molecule has 8 nitrogen and oxygen atoms in total. The second kappa shape index (κ2) is 8.92. The summed E-state index contributed by atoms with van der Waals surface area (Å²) in [6.45, 7) is 3.71. The van der Waals surface area contributed by atoms with Gasteiger partial charge in [0, 0.05) is 6.20 Å². The zero-order valence-electron chi connectivity index (χ0n) is 18.3. The van der Waals surface area contributed by atoms with Gasteiger partial charge < -0.3 is 5.32 Å². The average Bonchev–Trinajstić information content (AvgIpc) is 3.25. The van der Waals surface area contributed by atoms with Crippen LogP contribution in [0.5, 0.6) is 0 Å².